The Bertz CT molecular complexity index is 467. The number of aromatic nitrogens is 2. The van der Waals surface area contributed by atoms with Gasteiger partial charge in [-0.3, -0.25) is 4.68 Å². The van der Waals surface area contributed by atoms with Crippen LogP contribution >= 0.6 is 22.9 Å². The molecule has 2 heterocycles. The van der Waals surface area contributed by atoms with Crippen LogP contribution in [0.5, 0.6) is 0 Å². The second kappa shape index (κ2) is 5.67. The van der Waals surface area contributed by atoms with Crippen molar-refractivity contribution in [3.05, 3.63) is 39.3 Å². The van der Waals surface area contributed by atoms with Gasteiger partial charge < -0.3 is 5.11 Å². The number of halogens is 1. The summed E-state index contributed by atoms with van der Waals surface area (Å²) in [4.78, 5) is 1.15. The molecular weight excluding hydrogens is 256 g/mol. The molecule has 0 saturated carbocycles. The summed E-state index contributed by atoms with van der Waals surface area (Å²) in [5.74, 6) is 0. The second-order valence-corrected chi connectivity index (χ2v) is 5.34. The molecule has 1 unspecified atom stereocenters. The lowest BCUT2D eigenvalue weighted by Crippen LogP contribution is -2.11. The van der Waals surface area contributed by atoms with Crippen LogP contribution in [0.25, 0.3) is 0 Å². The van der Waals surface area contributed by atoms with Crippen LogP contribution in [0.3, 0.4) is 0 Å². The summed E-state index contributed by atoms with van der Waals surface area (Å²) >= 11 is 7.72. The number of hydrogen-bond acceptors (Lipinski definition) is 3. The normalized spacial score (nSPS) is 12.9. The van der Waals surface area contributed by atoms with Crippen LogP contribution < -0.4 is 0 Å². The number of aliphatic hydroxyl groups is 1. The summed E-state index contributed by atoms with van der Waals surface area (Å²) in [6, 6.07) is 4.00. The lowest BCUT2D eigenvalue weighted by atomic mass is 10.1. The molecule has 2 rings (SSSR count). The third-order valence-corrected chi connectivity index (χ3v) is 3.75. The Hall–Kier alpha value is -0.840. The molecule has 17 heavy (non-hydrogen) atoms. The topological polar surface area (TPSA) is 38.0 Å². The molecule has 0 aliphatic carbocycles. The maximum Gasteiger partial charge on any atom is 0.102 e. The Morgan fingerprint density at radius 3 is 3.06 bits per heavy atom. The van der Waals surface area contributed by atoms with Gasteiger partial charge in [0.15, 0.2) is 0 Å². The van der Waals surface area contributed by atoms with Gasteiger partial charge in [0.05, 0.1) is 16.9 Å². The average Bonchev–Trinajstić information content (AvgIpc) is 2.89. The van der Waals surface area contributed by atoms with Crippen LogP contribution in [-0.2, 0) is 13.0 Å². The summed E-state index contributed by atoms with van der Waals surface area (Å²) in [6.45, 7) is 2.86. The van der Waals surface area contributed by atoms with Gasteiger partial charge in [-0.1, -0.05) is 24.6 Å². The molecule has 0 aliphatic rings. The van der Waals surface area contributed by atoms with Gasteiger partial charge in [-0.2, -0.15) is 5.10 Å². The molecule has 0 saturated heterocycles. The molecule has 0 radical (unpaired) electrons. The van der Waals surface area contributed by atoms with Gasteiger partial charge in [0.25, 0.3) is 0 Å². The minimum Gasteiger partial charge on any atom is -0.386 e. The molecule has 1 atom stereocenters. The zero-order valence-corrected chi connectivity index (χ0v) is 11.2. The van der Waals surface area contributed by atoms with Crippen molar-refractivity contribution in [3.8, 4) is 0 Å². The first-order valence-electron chi connectivity index (χ1n) is 5.64. The standard InChI is InChI=1S/C12H15ClN2OS/c1-2-5-15-12(10(13)8-14-15)11(16)7-9-4-3-6-17-9/h3-4,6,8,11,16H,2,5,7H2,1H3. The van der Waals surface area contributed by atoms with E-state index in [1.165, 1.54) is 0 Å². The van der Waals surface area contributed by atoms with Crippen LogP contribution in [-0.4, -0.2) is 14.9 Å². The molecule has 0 fully saturated rings. The zero-order valence-electron chi connectivity index (χ0n) is 9.64. The average molecular weight is 271 g/mol. The third kappa shape index (κ3) is 2.89. The molecule has 0 aromatic carbocycles. The lowest BCUT2D eigenvalue weighted by molar-refractivity contribution is 0.167. The molecule has 0 spiro atoms. The van der Waals surface area contributed by atoms with Gasteiger partial charge in [-0.25, -0.2) is 0 Å². The Labute approximate surface area is 110 Å². The molecule has 2 aromatic rings. The van der Waals surface area contributed by atoms with E-state index in [-0.39, 0.29) is 0 Å². The van der Waals surface area contributed by atoms with Crippen molar-refractivity contribution >= 4 is 22.9 Å². The number of thiophene rings is 1. The predicted molar refractivity (Wildman–Crippen MR) is 70.5 cm³/mol. The van der Waals surface area contributed by atoms with Gasteiger partial charge in [0.1, 0.15) is 6.10 Å². The van der Waals surface area contributed by atoms with E-state index >= 15 is 0 Å². The molecule has 1 N–H and O–H groups in total. The Morgan fingerprint density at radius 2 is 2.41 bits per heavy atom. The van der Waals surface area contributed by atoms with E-state index in [1.807, 2.05) is 17.5 Å². The smallest absolute Gasteiger partial charge is 0.102 e. The van der Waals surface area contributed by atoms with E-state index in [4.69, 9.17) is 11.6 Å². The van der Waals surface area contributed by atoms with Crippen molar-refractivity contribution in [3.63, 3.8) is 0 Å². The van der Waals surface area contributed by atoms with Crippen molar-refractivity contribution in [1.29, 1.82) is 0 Å². The van der Waals surface area contributed by atoms with Crippen LogP contribution in [0.1, 0.15) is 30.0 Å². The first-order valence-corrected chi connectivity index (χ1v) is 6.89. The molecular formula is C12H15ClN2OS. The Balaban J connectivity index is 2.17. The summed E-state index contributed by atoms with van der Waals surface area (Å²) in [5.41, 5.74) is 0.724. The number of rotatable bonds is 5. The number of aliphatic hydroxyl groups excluding tert-OH is 1. The van der Waals surface area contributed by atoms with E-state index in [9.17, 15) is 5.11 Å². The minimum absolute atomic E-state index is 0.544. The molecule has 92 valence electrons. The summed E-state index contributed by atoms with van der Waals surface area (Å²) in [7, 11) is 0. The van der Waals surface area contributed by atoms with Crippen molar-refractivity contribution in [2.45, 2.75) is 32.4 Å². The summed E-state index contributed by atoms with van der Waals surface area (Å²) in [6.07, 6.45) is 2.57. The number of aryl methyl sites for hydroxylation is 1. The van der Waals surface area contributed by atoms with Gasteiger partial charge >= 0.3 is 0 Å². The van der Waals surface area contributed by atoms with Gasteiger partial charge in [0, 0.05) is 17.8 Å². The maximum absolute atomic E-state index is 10.2. The van der Waals surface area contributed by atoms with E-state index < -0.39 is 6.10 Å². The summed E-state index contributed by atoms with van der Waals surface area (Å²) < 4.78 is 1.79. The predicted octanol–water partition coefficient (Wildman–Crippen LogP) is 3.28. The van der Waals surface area contributed by atoms with E-state index in [0.717, 1.165) is 23.5 Å². The fraction of sp³-hybridized carbons (Fsp3) is 0.417. The van der Waals surface area contributed by atoms with Crippen LogP contribution in [0.15, 0.2) is 23.7 Å². The van der Waals surface area contributed by atoms with Crippen molar-refractivity contribution in [2.24, 2.45) is 0 Å². The summed E-state index contributed by atoms with van der Waals surface area (Å²) in [5, 5.41) is 17.0. The quantitative estimate of drug-likeness (QED) is 0.905. The first kappa shape index (κ1) is 12.6. The lowest BCUT2D eigenvalue weighted by Gasteiger charge is -2.12. The van der Waals surface area contributed by atoms with Crippen molar-refractivity contribution < 1.29 is 5.11 Å². The number of hydrogen-bond donors (Lipinski definition) is 1. The van der Waals surface area contributed by atoms with Gasteiger partial charge in [-0.05, 0) is 17.9 Å². The van der Waals surface area contributed by atoms with Gasteiger partial charge in [-0.15, -0.1) is 11.3 Å². The molecule has 5 heteroatoms. The monoisotopic (exact) mass is 270 g/mol. The maximum atomic E-state index is 10.2. The van der Waals surface area contributed by atoms with Crippen LogP contribution in [0.4, 0.5) is 0 Å². The molecule has 3 nitrogen and oxygen atoms in total. The first-order chi connectivity index (χ1) is 8.22. The van der Waals surface area contributed by atoms with Crippen LogP contribution in [0.2, 0.25) is 5.02 Å². The molecule has 0 aliphatic heterocycles. The molecule has 2 aromatic heterocycles. The Kier molecular flexibility index (Phi) is 4.20. The zero-order chi connectivity index (χ0) is 12.3. The largest absolute Gasteiger partial charge is 0.386 e. The Morgan fingerprint density at radius 1 is 1.59 bits per heavy atom. The van der Waals surface area contributed by atoms with E-state index in [2.05, 4.69) is 12.0 Å². The van der Waals surface area contributed by atoms with Crippen LogP contribution in [0, 0.1) is 0 Å². The van der Waals surface area contributed by atoms with Crippen molar-refractivity contribution in [2.75, 3.05) is 0 Å². The van der Waals surface area contributed by atoms with E-state index in [0.29, 0.717) is 11.4 Å². The highest BCUT2D eigenvalue weighted by atomic mass is 35.5. The highest BCUT2D eigenvalue weighted by molar-refractivity contribution is 7.09. The van der Waals surface area contributed by atoms with Gasteiger partial charge in [0.2, 0.25) is 0 Å². The fourth-order valence-electron chi connectivity index (χ4n) is 1.81. The molecule has 0 amide bonds. The highest BCUT2D eigenvalue weighted by Crippen LogP contribution is 2.27. The number of nitrogens with zero attached hydrogens (tertiary/aromatic N) is 2. The third-order valence-electron chi connectivity index (χ3n) is 2.56. The highest BCUT2D eigenvalue weighted by Gasteiger charge is 2.18. The molecule has 0 bridgehead atoms. The second-order valence-electron chi connectivity index (χ2n) is 3.90. The fourth-order valence-corrected chi connectivity index (χ4v) is 2.82. The van der Waals surface area contributed by atoms with E-state index in [1.54, 1.807) is 22.2 Å². The SMILES string of the molecule is CCCn1ncc(Cl)c1C(O)Cc1cccs1. The minimum atomic E-state index is -0.588. The van der Waals surface area contributed by atoms with Crippen molar-refractivity contribution in [1.82, 2.24) is 9.78 Å².